The molecule has 1 aliphatic carbocycles. The van der Waals surface area contributed by atoms with E-state index in [0.717, 1.165) is 31.4 Å². The minimum atomic E-state index is -0.197. The normalized spacial score (nSPS) is 16.6. The van der Waals surface area contributed by atoms with Gasteiger partial charge in [0.25, 0.3) is 5.56 Å². The molecule has 0 spiro atoms. The van der Waals surface area contributed by atoms with Crippen molar-refractivity contribution in [1.82, 2.24) is 9.78 Å². The lowest BCUT2D eigenvalue weighted by Crippen LogP contribution is -2.28. The Labute approximate surface area is 94.3 Å². The summed E-state index contributed by atoms with van der Waals surface area (Å²) in [5, 5.41) is 4.07. The third-order valence-corrected chi connectivity index (χ3v) is 3.12. The molecule has 0 amide bonds. The van der Waals surface area contributed by atoms with Crippen molar-refractivity contribution in [3.63, 3.8) is 0 Å². The maximum absolute atomic E-state index is 11.9. The highest BCUT2D eigenvalue weighted by atomic mass is 16.1. The lowest BCUT2D eigenvalue weighted by molar-refractivity contribution is -0.123. The lowest BCUT2D eigenvalue weighted by atomic mass is 10.0. The topological polar surface area (TPSA) is 52.0 Å². The van der Waals surface area contributed by atoms with E-state index in [0.29, 0.717) is 0 Å². The summed E-state index contributed by atoms with van der Waals surface area (Å²) in [6.45, 7) is 1.95. The largest absolute Gasteiger partial charge is 0.297 e. The van der Waals surface area contributed by atoms with Crippen LogP contribution in [0.15, 0.2) is 16.9 Å². The molecule has 0 N–H and O–H groups in total. The number of hydrogen-bond donors (Lipinski definition) is 0. The van der Waals surface area contributed by atoms with E-state index in [1.165, 1.54) is 10.7 Å². The first-order valence-electron chi connectivity index (χ1n) is 5.74. The quantitative estimate of drug-likeness (QED) is 0.771. The van der Waals surface area contributed by atoms with Gasteiger partial charge in [-0.3, -0.25) is 9.59 Å². The molecule has 0 aliphatic heterocycles. The van der Waals surface area contributed by atoms with Crippen molar-refractivity contribution in [3.05, 3.63) is 28.2 Å². The predicted octanol–water partition coefficient (Wildman–Crippen LogP) is 1.31. The second-order valence-electron chi connectivity index (χ2n) is 4.42. The summed E-state index contributed by atoms with van der Waals surface area (Å²) in [5.74, 6) is 0.298. The van der Waals surface area contributed by atoms with Crippen LogP contribution in [0.25, 0.3) is 0 Å². The summed E-state index contributed by atoms with van der Waals surface area (Å²) in [7, 11) is 0. The van der Waals surface area contributed by atoms with Crippen molar-refractivity contribution in [2.45, 2.75) is 39.2 Å². The Morgan fingerprint density at radius 3 is 2.81 bits per heavy atom. The molecule has 0 bridgehead atoms. The molecule has 4 heteroatoms. The molecule has 0 radical (unpaired) electrons. The molecule has 1 heterocycles. The third kappa shape index (κ3) is 2.38. The van der Waals surface area contributed by atoms with E-state index >= 15 is 0 Å². The Morgan fingerprint density at radius 1 is 1.44 bits per heavy atom. The van der Waals surface area contributed by atoms with Gasteiger partial charge in [-0.25, -0.2) is 4.68 Å². The molecule has 1 saturated carbocycles. The molecular weight excluding hydrogens is 204 g/mol. The van der Waals surface area contributed by atoms with Gasteiger partial charge >= 0.3 is 0 Å². The fourth-order valence-corrected chi connectivity index (χ4v) is 2.19. The maximum Gasteiger partial charge on any atom is 0.267 e. The number of hydrogen-bond acceptors (Lipinski definition) is 3. The van der Waals surface area contributed by atoms with E-state index in [1.54, 1.807) is 6.07 Å². The van der Waals surface area contributed by atoms with Gasteiger partial charge in [0.1, 0.15) is 6.54 Å². The molecular formula is C12H16N2O2. The first-order chi connectivity index (χ1) is 7.66. The van der Waals surface area contributed by atoms with Gasteiger partial charge in [0.2, 0.25) is 0 Å². The monoisotopic (exact) mass is 220 g/mol. The van der Waals surface area contributed by atoms with Gasteiger partial charge in [-0.05, 0) is 25.8 Å². The summed E-state index contributed by atoms with van der Waals surface area (Å²) >= 11 is 0. The fourth-order valence-electron chi connectivity index (χ4n) is 2.19. The van der Waals surface area contributed by atoms with Crippen molar-refractivity contribution in [2.75, 3.05) is 0 Å². The van der Waals surface area contributed by atoms with Gasteiger partial charge in [0.05, 0.1) is 5.69 Å². The Bertz CT molecular complexity index is 445. The molecule has 1 fully saturated rings. The number of rotatable bonds is 3. The summed E-state index contributed by atoms with van der Waals surface area (Å²) < 4.78 is 1.27. The first kappa shape index (κ1) is 11.0. The van der Waals surface area contributed by atoms with E-state index < -0.39 is 0 Å². The lowest BCUT2D eigenvalue weighted by Gasteiger charge is -2.08. The van der Waals surface area contributed by atoms with Crippen LogP contribution >= 0.6 is 0 Å². The molecule has 0 aromatic carbocycles. The number of carbonyl (C=O) groups excluding carboxylic acids is 1. The first-order valence-corrected chi connectivity index (χ1v) is 5.74. The summed E-state index contributed by atoms with van der Waals surface area (Å²) in [4.78, 5) is 23.3. The van der Waals surface area contributed by atoms with Gasteiger partial charge in [0.15, 0.2) is 5.78 Å². The third-order valence-electron chi connectivity index (χ3n) is 3.12. The Balaban J connectivity index is 2.11. The molecule has 86 valence electrons. The number of carbonyl (C=O) groups is 1. The highest BCUT2D eigenvalue weighted by molar-refractivity contribution is 5.80. The minimum absolute atomic E-state index is 0.130. The second kappa shape index (κ2) is 4.60. The van der Waals surface area contributed by atoms with Crippen LogP contribution in [0.1, 0.15) is 31.4 Å². The molecule has 0 unspecified atom stereocenters. The van der Waals surface area contributed by atoms with Crippen LogP contribution in [0, 0.1) is 12.8 Å². The van der Waals surface area contributed by atoms with Crippen LogP contribution in [0.3, 0.4) is 0 Å². The zero-order valence-electron chi connectivity index (χ0n) is 9.48. The van der Waals surface area contributed by atoms with Crippen LogP contribution < -0.4 is 5.56 Å². The van der Waals surface area contributed by atoms with Crippen molar-refractivity contribution in [2.24, 2.45) is 5.92 Å². The Hall–Kier alpha value is -1.45. The molecule has 1 aromatic heterocycles. The van der Waals surface area contributed by atoms with Crippen molar-refractivity contribution < 1.29 is 4.79 Å². The fraction of sp³-hybridized carbons (Fsp3) is 0.583. The highest BCUT2D eigenvalue weighted by Gasteiger charge is 2.23. The summed E-state index contributed by atoms with van der Waals surface area (Å²) in [5.41, 5.74) is 0.566. The zero-order chi connectivity index (χ0) is 11.5. The average molecular weight is 220 g/mol. The molecule has 0 atom stereocenters. The average Bonchev–Trinajstić information content (AvgIpc) is 2.76. The SMILES string of the molecule is Cc1ccc(=O)n(CC(=O)C2CCCC2)n1. The summed E-state index contributed by atoms with van der Waals surface area (Å²) in [6.07, 6.45) is 4.21. The standard InChI is InChI=1S/C12H16N2O2/c1-9-6-7-12(16)14(13-9)8-11(15)10-4-2-3-5-10/h6-7,10H,2-5,8H2,1H3. The van der Waals surface area contributed by atoms with Gasteiger partial charge in [-0.15, -0.1) is 0 Å². The predicted molar refractivity (Wildman–Crippen MR) is 60.2 cm³/mol. The van der Waals surface area contributed by atoms with Gasteiger partial charge in [-0.2, -0.15) is 5.10 Å². The molecule has 16 heavy (non-hydrogen) atoms. The van der Waals surface area contributed by atoms with Crippen molar-refractivity contribution in [1.29, 1.82) is 0 Å². The van der Waals surface area contributed by atoms with E-state index in [-0.39, 0.29) is 23.8 Å². The van der Waals surface area contributed by atoms with Crippen LogP contribution in [-0.4, -0.2) is 15.6 Å². The van der Waals surface area contributed by atoms with Crippen LogP contribution in [0.5, 0.6) is 0 Å². The number of nitrogens with zero attached hydrogens (tertiary/aromatic N) is 2. The van der Waals surface area contributed by atoms with Crippen LogP contribution in [0.2, 0.25) is 0 Å². The van der Waals surface area contributed by atoms with Gasteiger partial charge in [0, 0.05) is 12.0 Å². The number of ketones is 1. The van der Waals surface area contributed by atoms with E-state index in [4.69, 9.17) is 0 Å². The molecule has 1 aliphatic rings. The van der Waals surface area contributed by atoms with Crippen LogP contribution in [0.4, 0.5) is 0 Å². The molecule has 0 saturated heterocycles. The van der Waals surface area contributed by atoms with Gasteiger partial charge in [-0.1, -0.05) is 12.8 Å². The van der Waals surface area contributed by atoms with Crippen LogP contribution in [-0.2, 0) is 11.3 Å². The maximum atomic E-state index is 11.9. The summed E-state index contributed by atoms with van der Waals surface area (Å²) in [6, 6.07) is 3.13. The number of aryl methyl sites for hydroxylation is 1. The second-order valence-corrected chi connectivity index (χ2v) is 4.42. The van der Waals surface area contributed by atoms with E-state index in [9.17, 15) is 9.59 Å². The number of aromatic nitrogens is 2. The van der Waals surface area contributed by atoms with Crippen molar-refractivity contribution >= 4 is 5.78 Å². The zero-order valence-corrected chi connectivity index (χ0v) is 9.48. The Morgan fingerprint density at radius 2 is 2.12 bits per heavy atom. The highest BCUT2D eigenvalue weighted by Crippen LogP contribution is 2.25. The Kier molecular flexibility index (Phi) is 3.17. The van der Waals surface area contributed by atoms with Crippen molar-refractivity contribution in [3.8, 4) is 0 Å². The number of Topliss-reactive ketones (excluding diaryl/α,β-unsaturated/α-hetero) is 1. The van der Waals surface area contributed by atoms with Gasteiger partial charge < -0.3 is 0 Å². The molecule has 2 rings (SSSR count). The van der Waals surface area contributed by atoms with E-state index in [1.807, 2.05) is 6.92 Å². The minimum Gasteiger partial charge on any atom is -0.297 e. The molecule has 1 aromatic rings. The molecule has 4 nitrogen and oxygen atoms in total. The van der Waals surface area contributed by atoms with E-state index in [2.05, 4.69) is 5.10 Å². The smallest absolute Gasteiger partial charge is 0.267 e.